The summed E-state index contributed by atoms with van der Waals surface area (Å²) in [5.41, 5.74) is 1.28. The van der Waals surface area contributed by atoms with Gasteiger partial charge in [0.2, 0.25) is 6.04 Å². The van der Waals surface area contributed by atoms with Gasteiger partial charge in [0.05, 0.1) is 0 Å². The minimum atomic E-state index is 0.299. The van der Waals surface area contributed by atoms with Crippen molar-refractivity contribution in [1.82, 2.24) is 0 Å². The zero-order chi connectivity index (χ0) is 9.30. The summed E-state index contributed by atoms with van der Waals surface area (Å²) in [5, 5.41) is 8.37. The van der Waals surface area contributed by atoms with E-state index in [0.29, 0.717) is 18.0 Å². The lowest BCUT2D eigenvalue weighted by Crippen LogP contribution is -2.27. The smallest absolute Gasteiger partial charge is 0.132 e. The Morgan fingerprint density at radius 2 is 1.83 bits per heavy atom. The molecule has 68 valence electrons. The van der Waals surface area contributed by atoms with Crippen molar-refractivity contribution in [3.05, 3.63) is 0 Å². The van der Waals surface area contributed by atoms with Crippen molar-refractivity contribution in [1.29, 1.82) is 0 Å². The maximum Gasteiger partial charge on any atom is 0.227 e. The summed E-state index contributed by atoms with van der Waals surface area (Å²) in [7, 11) is 0. The molecule has 1 heterocycles. The van der Waals surface area contributed by atoms with Crippen molar-refractivity contribution in [2.24, 2.45) is 16.3 Å². The third-order valence-electron chi connectivity index (χ3n) is 2.18. The van der Waals surface area contributed by atoms with Gasteiger partial charge in [0, 0.05) is 18.0 Å². The zero-order valence-electron chi connectivity index (χ0n) is 8.57. The molecule has 0 aromatic rings. The molecule has 12 heavy (non-hydrogen) atoms. The largest absolute Gasteiger partial charge is 0.227 e. The minimum absolute atomic E-state index is 0.299. The van der Waals surface area contributed by atoms with Gasteiger partial charge < -0.3 is 0 Å². The lowest BCUT2D eigenvalue weighted by Gasteiger charge is -2.05. The normalized spacial score (nSPS) is 23.4. The van der Waals surface area contributed by atoms with Crippen LogP contribution in [0.2, 0.25) is 0 Å². The molecule has 0 N–H and O–H groups in total. The zero-order valence-corrected chi connectivity index (χ0v) is 8.57. The van der Waals surface area contributed by atoms with E-state index in [-0.39, 0.29) is 0 Å². The highest BCUT2D eigenvalue weighted by molar-refractivity contribution is 5.83. The highest BCUT2D eigenvalue weighted by atomic mass is 15.5. The molecule has 0 bridgehead atoms. The van der Waals surface area contributed by atoms with Crippen molar-refractivity contribution < 1.29 is 4.68 Å². The van der Waals surface area contributed by atoms with Crippen LogP contribution < -0.4 is 0 Å². The first kappa shape index (κ1) is 9.36. The van der Waals surface area contributed by atoms with Crippen molar-refractivity contribution in [2.75, 3.05) is 0 Å². The van der Waals surface area contributed by atoms with Crippen LogP contribution in [0.4, 0.5) is 0 Å². The van der Waals surface area contributed by atoms with E-state index in [1.54, 1.807) is 0 Å². The third-order valence-corrected chi connectivity index (χ3v) is 2.18. The molecule has 1 aliphatic rings. The summed E-state index contributed by atoms with van der Waals surface area (Å²) in [4.78, 5) is 0. The fraction of sp³-hybridized carbons (Fsp3) is 0.889. The van der Waals surface area contributed by atoms with Gasteiger partial charge in [-0.3, -0.25) is 0 Å². The molecular formula is C9H18N3+. The molecule has 0 aliphatic carbocycles. The van der Waals surface area contributed by atoms with E-state index >= 15 is 0 Å². The second kappa shape index (κ2) is 3.33. The van der Waals surface area contributed by atoms with Gasteiger partial charge in [-0.2, -0.15) is 0 Å². The Morgan fingerprint density at radius 3 is 2.08 bits per heavy atom. The molecule has 3 heteroatoms. The molecule has 1 unspecified atom stereocenters. The molecule has 0 saturated heterocycles. The lowest BCUT2D eigenvalue weighted by molar-refractivity contribution is -0.567. The summed E-state index contributed by atoms with van der Waals surface area (Å²) in [5.74, 6) is 0.553. The Balaban J connectivity index is 2.85. The molecule has 0 spiro atoms. The summed E-state index contributed by atoms with van der Waals surface area (Å²) in [6.07, 6.45) is 0. The number of hydrogen-bond donors (Lipinski definition) is 0. The van der Waals surface area contributed by atoms with E-state index in [1.807, 2.05) is 4.68 Å². The van der Waals surface area contributed by atoms with Crippen LogP contribution in [-0.2, 0) is 0 Å². The second-order valence-corrected chi connectivity index (χ2v) is 3.97. The first-order chi connectivity index (χ1) is 5.54. The lowest BCUT2D eigenvalue weighted by atomic mass is 10.0. The van der Waals surface area contributed by atoms with Crippen LogP contribution in [0.3, 0.4) is 0 Å². The van der Waals surface area contributed by atoms with Gasteiger partial charge in [-0.25, -0.2) is 0 Å². The Hall–Kier alpha value is -0.730. The van der Waals surface area contributed by atoms with Gasteiger partial charge in [0.25, 0.3) is 0 Å². The monoisotopic (exact) mass is 168 g/mol. The van der Waals surface area contributed by atoms with Crippen LogP contribution in [0.15, 0.2) is 10.3 Å². The van der Waals surface area contributed by atoms with Crippen molar-refractivity contribution >= 4 is 5.71 Å². The van der Waals surface area contributed by atoms with Gasteiger partial charge in [0.1, 0.15) is 11.3 Å². The Kier molecular flexibility index (Phi) is 2.60. The number of nitrogens with zero attached hydrogens (tertiary/aromatic N) is 3. The quantitative estimate of drug-likeness (QED) is 0.566. The Labute approximate surface area is 74.2 Å². The maximum absolute atomic E-state index is 4.23. The SMILES string of the molecule is CC1=[N+](C(C)C)N=NC1C(C)C. The fourth-order valence-corrected chi connectivity index (χ4v) is 1.53. The summed E-state index contributed by atoms with van der Waals surface area (Å²) in [6, 6.07) is 0.727. The van der Waals surface area contributed by atoms with E-state index in [1.165, 1.54) is 5.71 Å². The molecule has 0 fully saturated rings. The highest BCUT2D eigenvalue weighted by Crippen LogP contribution is 2.15. The van der Waals surface area contributed by atoms with Gasteiger partial charge in [0.15, 0.2) is 5.71 Å². The maximum atomic E-state index is 4.23. The first-order valence-corrected chi connectivity index (χ1v) is 4.57. The van der Waals surface area contributed by atoms with Crippen LogP contribution in [0, 0.1) is 5.92 Å². The Bertz CT molecular complexity index is 226. The van der Waals surface area contributed by atoms with Crippen molar-refractivity contribution in [3.8, 4) is 0 Å². The highest BCUT2D eigenvalue weighted by Gasteiger charge is 2.33. The standard InChI is InChI=1S/C9H18N3/c1-6(2)9-8(5)12(7(3)4)11-10-9/h6-7,9H,1-5H3/q+1. The van der Waals surface area contributed by atoms with Gasteiger partial charge >= 0.3 is 0 Å². The average molecular weight is 168 g/mol. The number of rotatable bonds is 2. The molecule has 0 aromatic carbocycles. The van der Waals surface area contributed by atoms with Gasteiger partial charge in [-0.05, 0) is 13.8 Å². The summed E-state index contributed by atoms with van der Waals surface area (Å²) < 4.78 is 2.00. The Morgan fingerprint density at radius 1 is 1.25 bits per heavy atom. The molecule has 1 atom stereocenters. The van der Waals surface area contributed by atoms with Gasteiger partial charge in [-0.1, -0.05) is 13.8 Å². The van der Waals surface area contributed by atoms with E-state index in [4.69, 9.17) is 0 Å². The van der Waals surface area contributed by atoms with E-state index in [9.17, 15) is 0 Å². The van der Waals surface area contributed by atoms with Crippen LogP contribution in [0.1, 0.15) is 34.6 Å². The molecule has 0 saturated carbocycles. The molecule has 0 radical (unpaired) electrons. The predicted octanol–water partition coefficient (Wildman–Crippen LogP) is 2.27. The molecule has 0 amide bonds. The molecule has 1 rings (SSSR count). The molecule has 3 nitrogen and oxygen atoms in total. The van der Waals surface area contributed by atoms with E-state index < -0.39 is 0 Å². The minimum Gasteiger partial charge on any atom is -0.132 e. The topological polar surface area (TPSA) is 27.7 Å². The molecule has 1 aliphatic heterocycles. The first-order valence-electron chi connectivity index (χ1n) is 4.57. The average Bonchev–Trinajstić information content (AvgIpc) is 2.30. The van der Waals surface area contributed by atoms with Crippen molar-refractivity contribution in [3.63, 3.8) is 0 Å². The molecule has 0 aromatic heterocycles. The predicted molar refractivity (Wildman–Crippen MR) is 49.6 cm³/mol. The van der Waals surface area contributed by atoms with Crippen LogP contribution in [-0.4, -0.2) is 22.5 Å². The van der Waals surface area contributed by atoms with Gasteiger partial charge in [-0.15, -0.1) is 4.68 Å². The van der Waals surface area contributed by atoms with E-state index in [0.717, 1.165) is 0 Å². The van der Waals surface area contributed by atoms with Crippen LogP contribution >= 0.6 is 0 Å². The van der Waals surface area contributed by atoms with Crippen LogP contribution in [0.25, 0.3) is 0 Å². The van der Waals surface area contributed by atoms with Crippen molar-refractivity contribution in [2.45, 2.75) is 46.7 Å². The fourth-order valence-electron chi connectivity index (χ4n) is 1.53. The summed E-state index contributed by atoms with van der Waals surface area (Å²) >= 11 is 0. The van der Waals surface area contributed by atoms with Crippen LogP contribution in [0.5, 0.6) is 0 Å². The van der Waals surface area contributed by atoms with E-state index in [2.05, 4.69) is 45.0 Å². The second-order valence-electron chi connectivity index (χ2n) is 3.97. The summed E-state index contributed by atoms with van der Waals surface area (Å²) in [6.45, 7) is 10.7. The third kappa shape index (κ3) is 1.54. The molecular weight excluding hydrogens is 150 g/mol. The number of hydrogen-bond acceptors (Lipinski definition) is 2.